The molecule has 2 aliphatic rings. The van der Waals surface area contributed by atoms with Crippen LogP contribution < -0.4 is 4.74 Å². The van der Waals surface area contributed by atoms with E-state index >= 15 is 0 Å². The Hall–Kier alpha value is -1.66. The molecular formula is C21H28F2N2O2. The van der Waals surface area contributed by atoms with Crippen LogP contribution in [0.5, 0.6) is 5.75 Å². The quantitative estimate of drug-likeness (QED) is 0.749. The van der Waals surface area contributed by atoms with Gasteiger partial charge in [0.2, 0.25) is 0 Å². The summed E-state index contributed by atoms with van der Waals surface area (Å²) in [4.78, 5) is 2.48. The maximum atomic E-state index is 12.7. The van der Waals surface area contributed by atoms with Gasteiger partial charge in [0.15, 0.2) is 0 Å². The number of nitrogens with zero attached hydrogens (tertiary/aromatic N) is 2. The van der Waals surface area contributed by atoms with Crippen LogP contribution >= 0.6 is 0 Å². The summed E-state index contributed by atoms with van der Waals surface area (Å²) in [5.74, 6) is 0.801. The van der Waals surface area contributed by atoms with Crippen LogP contribution in [0, 0.1) is 0 Å². The lowest BCUT2D eigenvalue weighted by atomic mass is 10.0. The lowest BCUT2D eigenvalue weighted by molar-refractivity contribution is -0.0153. The lowest BCUT2D eigenvalue weighted by Gasteiger charge is -2.35. The number of halogens is 2. The molecule has 2 aliphatic heterocycles. The normalized spacial score (nSPS) is 22.6. The summed E-state index contributed by atoms with van der Waals surface area (Å²) in [6, 6.07) is 7.58. The highest BCUT2D eigenvalue weighted by Crippen LogP contribution is 2.29. The molecule has 0 bridgehead atoms. The van der Waals surface area contributed by atoms with Crippen molar-refractivity contribution in [1.82, 2.24) is 9.47 Å². The summed E-state index contributed by atoms with van der Waals surface area (Å²) in [6.07, 6.45) is 5.54. The third-order valence-electron chi connectivity index (χ3n) is 5.67. The van der Waals surface area contributed by atoms with Crippen molar-refractivity contribution in [2.45, 2.75) is 57.3 Å². The number of ether oxygens (including phenoxy) is 2. The number of alkyl halides is 2. The molecule has 0 radical (unpaired) electrons. The molecule has 6 heteroatoms. The predicted octanol–water partition coefficient (Wildman–Crippen LogP) is 4.32. The summed E-state index contributed by atoms with van der Waals surface area (Å²) in [5, 5.41) is 0.913. The van der Waals surface area contributed by atoms with Gasteiger partial charge in [-0.25, -0.2) is 8.78 Å². The van der Waals surface area contributed by atoms with E-state index in [2.05, 4.69) is 4.90 Å². The second-order valence-electron chi connectivity index (χ2n) is 7.65. The number of piperidine rings is 1. The Labute approximate surface area is 159 Å². The van der Waals surface area contributed by atoms with E-state index in [4.69, 9.17) is 9.47 Å². The Morgan fingerprint density at radius 2 is 1.96 bits per heavy atom. The minimum atomic E-state index is -2.36. The highest BCUT2D eigenvalue weighted by molar-refractivity contribution is 5.86. The number of benzene rings is 1. The van der Waals surface area contributed by atoms with E-state index in [0.717, 1.165) is 55.7 Å². The molecule has 1 aromatic heterocycles. The maximum absolute atomic E-state index is 12.7. The summed E-state index contributed by atoms with van der Waals surface area (Å²) >= 11 is 0. The van der Waals surface area contributed by atoms with Gasteiger partial charge in [-0.2, -0.15) is 0 Å². The molecule has 0 N–H and O–H groups in total. The zero-order valence-corrected chi connectivity index (χ0v) is 15.7. The lowest BCUT2D eigenvalue weighted by Crippen LogP contribution is -2.43. The molecular weight excluding hydrogens is 350 g/mol. The van der Waals surface area contributed by atoms with E-state index in [1.54, 1.807) is 10.8 Å². The van der Waals surface area contributed by atoms with Crippen molar-refractivity contribution in [3.63, 3.8) is 0 Å². The van der Waals surface area contributed by atoms with Crippen molar-refractivity contribution in [2.24, 2.45) is 0 Å². The molecule has 27 heavy (non-hydrogen) atoms. The monoisotopic (exact) mass is 378 g/mol. The molecule has 2 aromatic rings. The zero-order valence-electron chi connectivity index (χ0n) is 15.7. The third-order valence-corrected chi connectivity index (χ3v) is 5.67. The maximum Gasteiger partial charge on any atom is 0.256 e. The van der Waals surface area contributed by atoms with Gasteiger partial charge in [-0.15, -0.1) is 0 Å². The molecule has 2 saturated heterocycles. The average Bonchev–Trinajstić information content (AvgIpc) is 3.08. The summed E-state index contributed by atoms with van der Waals surface area (Å²) < 4.78 is 39.2. The van der Waals surface area contributed by atoms with Gasteiger partial charge in [0.25, 0.3) is 6.43 Å². The molecule has 148 valence electrons. The van der Waals surface area contributed by atoms with Gasteiger partial charge in [-0.3, -0.25) is 0 Å². The first-order valence-electron chi connectivity index (χ1n) is 10.1. The Balaban J connectivity index is 1.34. The van der Waals surface area contributed by atoms with Crippen molar-refractivity contribution in [3.8, 4) is 5.75 Å². The van der Waals surface area contributed by atoms with Crippen LogP contribution in [0.1, 0.15) is 32.1 Å². The SMILES string of the molecule is FC(F)Cn1ccc2c(OC3CCN(CC4CCCCO4)CC3)cccc21. The molecule has 0 spiro atoms. The smallest absolute Gasteiger partial charge is 0.256 e. The van der Waals surface area contributed by atoms with Gasteiger partial charge in [-0.1, -0.05) is 6.07 Å². The second-order valence-corrected chi connectivity index (χ2v) is 7.65. The molecule has 0 saturated carbocycles. The number of aromatic nitrogens is 1. The van der Waals surface area contributed by atoms with Crippen LogP contribution in [0.25, 0.3) is 10.9 Å². The summed E-state index contributed by atoms with van der Waals surface area (Å²) in [5.41, 5.74) is 0.805. The number of hydrogen-bond acceptors (Lipinski definition) is 3. The van der Waals surface area contributed by atoms with Gasteiger partial charge in [0, 0.05) is 37.8 Å². The van der Waals surface area contributed by atoms with Crippen LogP contribution in [0.15, 0.2) is 30.5 Å². The van der Waals surface area contributed by atoms with E-state index < -0.39 is 6.43 Å². The van der Waals surface area contributed by atoms with E-state index in [1.165, 1.54) is 19.3 Å². The first-order chi connectivity index (χ1) is 13.2. The minimum absolute atomic E-state index is 0.178. The predicted molar refractivity (Wildman–Crippen MR) is 102 cm³/mol. The van der Waals surface area contributed by atoms with Crippen molar-refractivity contribution in [2.75, 3.05) is 26.2 Å². The number of hydrogen-bond donors (Lipinski definition) is 0. The van der Waals surface area contributed by atoms with Crippen molar-refractivity contribution in [1.29, 1.82) is 0 Å². The number of rotatable bonds is 6. The van der Waals surface area contributed by atoms with Crippen LogP contribution in [0.2, 0.25) is 0 Å². The van der Waals surface area contributed by atoms with Gasteiger partial charge in [0.05, 0.1) is 18.2 Å². The van der Waals surface area contributed by atoms with E-state index in [1.807, 2.05) is 24.3 Å². The fraction of sp³-hybridized carbons (Fsp3) is 0.619. The Morgan fingerprint density at radius 3 is 2.70 bits per heavy atom. The fourth-order valence-electron chi connectivity index (χ4n) is 4.23. The molecule has 1 unspecified atom stereocenters. The third kappa shape index (κ3) is 4.61. The standard InChI is InChI=1S/C21H28F2N2O2/c22-21(23)15-25-12-9-18-19(25)5-3-6-20(18)27-16-7-10-24(11-8-16)14-17-4-1-2-13-26-17/h3,5-6,9,12,16-17,21H,1-2,4,7-8,10-11,13-15H2. The van der Waals surface area contributed by atoms with Crippen LogP contribution in [-0.2, 0) is 11.3 Å². The number of likely N-dealkylation sites (tertiary alicyclic amines) is 1. The minimum Gasteiger partial charge on any atom is -0.490 e. The molecule has 4 nitrogen and oxygen atoms in total. The summed E-state index contributed by atoms with van der Waals surface area (Å²) in [7, 11) is 0. The van der Waals surface area contributed by atoms with Crippen molar-refractivity contribution >= 4 is 10.9 Å². The van der Waals surface area contributed by atoms with E-state index in [9.17, 15) is 8.78 Å². The Morgan fingerprint density at radius 1 is 1.11 bits per heavy atom. The van der Waals surface area contributed by atoms with Gasteiger partial charge in [0.1, 0.15) is 11.9 Å². The zero-order chi connectivity index (χ0) is 18.6. The fourth-order valence-corrected chi connectivity index (χ4v) is 4.23. The van der Waals surface area contributed by atoms with E-state index in [-0.39, 0.29) is 12.6 Å². The number of fused-ring (bicyclic) bond motifs is 1. The average molecular weight is 378 g/mol. The molecule has 1 atom stereocenters. The first kappa shape index (κ1) is 18.7. The van der Waals surface area contributed by atoms with Crippen molar-refractivity contribution in [3.05, 3.63) is 30.5 Å². The molecule has 3 heterocycles. The second kappa shape index (κ2) is 8.57. The molecule has 4 rings (SSSR count). The van der Waals surface area contributed by atoms with E-state index in [0.29, 0.717) is 6.10 Å². The first-order valence-corrected chi connectivity index (χ1v) is 10.1. The van der Waals surface area contributed by atoms with Crippen molar-refractivity contribution < 1.29 is 18.3 Å². The largest absolute Gasteiger partial charge is 0.490 e. The van der Waals surface area contributed by atoms with Gasteiger partial charge >= 0.3 is 0 Å². The highest BCUT2D eigenvalue weighted by atomic mass is 19.3. The van der Waals surface area contributed by atoms with Crippen LogP contribution in [0.3, 0.4) is 0 Å². The molecule has 0 amide bonds. The van der Waals surface area contributed by atoms with Crippen LogP contribution in [-0.4, -0.2) is 54.3 Å². The topological polar surface area (TPSA) is 26.6 Å². The van der Waals surface area contributed by atoms with Gasteiger partial charge < -0.3 is 18.9 Å². The molecule has 1 aromatic carbocycles. The highest BCUT2D eigenvalue weighted by Gasteiger charge is 2.24. The molecule has 2 fully saturated rings. The van der Waals surface area contributed by atoms with Crippen LogP contribution in [0.4, 0.5) is 8.78 Å². The Kier molecular flexibility index (Phi) is 5.93. The van der Waals surface area contributed by atoms with Gasteiger partial charge in [-0.05, 0) is 50.3 Å². The Bertz CT molecular complexity index is 735. The summed E-state index contributed by atoms with van der Waals surface area (Å²) in [6.45, 7) is 3.69. The molecule has 0 aliphatic carbocycles.